The van der Waals surface area contributed by atoms with Gasteiger partial charge >= 0.3 is 0 Å². The molecule has 0 saturated carbocycles. The molecule has 4 nitrogen and oxygen atoms in total. The van der Waals surface area contributed by atoms with Crippen molar-refractivity contribution in [2.45, 2.75) is 41.5 Å². The quantitative estimate of drug-likeness (QED) is 0.714. The Hall–Kier alpha value is -1.84. The van der Waals surface area contributed by atoms with Gasteiger partial charge in [-0.15, -0.1) is 0 Å². The Bertz CT molecular complexity index is 311. The summed E-state index contributed by atoms with van der Waals surface area (Å²) >= 11 is 0. The van der Waals surface area contributed by atoms with Gasteiger partial charge in [0.05, 0.1) is 11.9 Å². The number of hydrogen-bond acceptors (Lipinski definition) is 4. The third-order valence-corrected chi connectivity index (χ3v) is 1.44. The summed E-state index contributed by atoms with van der Waals surface area (Å²) in [6.45, 7) is 11.9. The number of nitrogens with zero attached hydrogens (tertiary/aromatic N) is 4. The summed E-state index contributed by atoms with van der Waals surface area (Å²) in [6, 6.07) is 5.68. The van der Waals surface area contributed by atoms with Gasteiger partial charge < -0.3 is 0 Å². The monoisotopic (exact) mass is 248 g/mol. The molecule has 0 bridgehead atoms. The molecule has 0 N–H and O–H groups in total. The lowest BCUT2D eigenvalue weighted by molar-refractivity contribution is 0.980. The van der Waals surface area contributed by atoms with Gasteiger partial charge in [0.15, 0.2) is 0 Å². The minimum Gasteiger partial charge on any atom is -0.159 e. The molecule has 0 amide bonds. The van der Waals surface area contributed by atoms with Gasteiger partial charge in [0.2, 0.25) is 0 Å². The average molecular weight is 248 g/mol. The summed E-state index contributed by atoms with van der Waals surface area (Å²) in [7, 11) is 0. The van der Waals surface area contributed by atoms with E-state index in [1.165, 1.54) is 0 Å². The Morgan fingerprint density at radius 2 is 1.44 bits per heavy atom. The molecule has 0 spiro atoms. The minimum absolute atomic E-state index is 0.961. The van der Waals surface area contributed by atoms with Crippen molar-refractivity contribution in [1.82, 2.24) is 20.4 Å². The molecular formula is C14H24N4. The molecule has 4 heteroatoms. The van der Waals surface area contributed by atoms with Crippen molar-refractivity contribution in [2.24, 2.45) is 0 Å². The Kier molecular flexibility index (Phi) is 15.6. The predicted molar refractivity (Wildman–Crippen MR) is 76.2 cm³/mol. The lowest BCUT2D eigenvalue weighted by Crippen LogP contribution is -1.79. The fraction of sp³-hybridized carbons (Fsp3) is 0.429. The molecule has 0 aliphatic rings. The lowest BCUT2D eigenvalue weighted by Gasteiger charge is -1.80. The van der Waals surface area contributed by atoms with Crippen LogP contribution >= 0.6 is 0 Å². The highest BCUT2D eigenvalue weighted by Gasteiger charge is 1.75. The van der Waals surface area contributed by atoms with Crippen LogP contribution in [0, 0.1) is 13.8 Å². The second-order valence-electron chi connectivity index (χ2n) is 2.78. The van der Waals surface area contributed by atoms with Crippen LogP contribution in [0.2, 0.25) is 0 Å². The first-order valence-electron chi connectivity index (χ1n) is 6.26. The molecule has 0 fully saturated rings. The van der Waals surface area contributed by atoms with Crippen LogP contribution < -0.4 is 0 Å². The first kappa shape index (κ1) is 18.5. The summed E-state index contributed by atoms with van der Waals surface area (Å²) < 4.78 is 0. The summed E-state index contributed by atoms with van der Waals surface area (Å²) in [5, 5.41) is 14.6. The van der Waals surface area contributed by atoms with Gasteiger partial charge in [0.25, 0.3) is 0 Å². The molecular weight excluding hydrogens is 224 g/mol. The van der Waals surface area contributed by atoms with Gasteiger partial charge in [-0.25, -0.2) is 0 Å². The summed E-state index contributed by atoms with van der Waals surface area (Å²) in [6.07, 6.45) is 5.06. The fourth-order valence-electron chi connectivity index (χ4n) is 0.735. The maximum atomic E-state index is 3.73. The van der Waals surface area contributed by atoms with E-state index in [4.69, 9.17) is 0 Å². The van der Waals surface area contributed by atoms with Crippen molar-refractivity contribution in [3.8, 4) is 0 Å². The smallest absolute Gasteiger partial charge is 0.0600 e. The second-order valence-corrected chi connectivity index (χ2v) is 2.78. The van der Waals surface area contributed by atoms with E-state index in [1.807, 2.05) is 59.7 Å². The van der Waals surface area contributed by atoms with Gasteiger partial charge in [-0.1, -0.05) is 27.7 Å². The topological polar surface area (TPSA) is 51.6 Å². The number of hydrogen-bond donors (Lipinski definition) is 0. The zero-order valence-corrected chi connectivity index (χ0v) is 12.3. The average Bonchev–Trinajstić information content (AvgIpc) is 2.46. The Morgan fingerprint density at radius 1 is 0.778 bits per heavy atom. The van der Waals surface area contributed by atoms with Crippen LogP contribution in [-0.4, -0.2) is 20.4 Å². The summed E-state index contributed by atoms with van der Waals surface area (Å²) in [4.78, 5) is 0. The van der Waals surface area contributed by atoms with Crippen LogP contribution in [0.1, 0.15) is 39.0 Å². The first-order valence-corrected chi connectivity index (χ1v) is 6.26. The van der Waals surface area contributed by atoms with Crippen molar-refractivity contribution >= 4 is 0 Å². The Morgan fingerprint density at radius 3 is 1.67 bits per heavy atom. The van der Waals surface area contributed by atoms with Crippen LogP contribution in [0.5, 0.6) is 0 Å². The number of aryl methyl sites for hydroxylation is 2. The molecule has 100 valence electrons. The minimum atomic E-state index is 0.961. The highest BCUT2D eigenvalue weighted by Crippen LogP contribution is 1.85. The maximum absolute atomic E-state index is 3.73. The van der Waals surface area contributed by atoms with Crippen molar-refractivity contribution < 1.29 is 0 Å². The van der Waals surface area contributed by atoms with Crippen LogP contribution in [0.3, 0.4) is 0 Å². The summed E-state index contributed by atoms with van der Waals surface area (Å²) in [5.74, 6) is 0. The lowest BCUT2D eigenvalue weighted by atomic mass is 10.4. The molecule has 0 unspecified atom stereocenters. The Labute approximate surface area is 111 Å². The number of rotatable bonds is 0. The van der Waals surface area contributed by atoms with Gasteiger partial charge in [-0.05, 0) is 37.6 Å². The molecule has 0 saturated heterocycles. The zero-order chi connectivity index (χ0) is 14.2. The molecule has 18 heavy (non-hydrogen) atoms. The van der Waals surface area contributed by atoms with Crippen LogP contribution in [0.25, 0.3) is 0 Å². The van der Waals surface area contributed by atoms with Crippen molar-refractivity contribution in [2.75, 3.05) is 0 Å². The van der Waals surface area contributed by atoms with Crippen LogP contribution in [-0.2, 0) is 0 Å². The van der Waals surface area contributed by atoms with E-state index in [9.17, 15) is 0 Å². The zero-order valence-electron chi connectivity index (χ0n) is 12.3. The van der Waals surface area contributed by atoms with E-state index in [-0.39, 0.29) is 0 Å². The van der Waals surface area contributed by atoms with E-state index in [0.717, 1.165) is 11.3 Å². The van der Waals surface area contributed by atoms with Gasteiger partial charge in [-0.3, -0.25) is 0 Å². The molecule has 2 aromatic heterocycles. The van der Waals surface area contributed by atoms with Crippen molar-refractivity contribution in [1.29, 1.82) is 0 Å². The molecule has 2 aromatic rings. The van der Waals surface area contributed by atoms with Gasteiger partial charge in [0.1, 0.15) is 0 Å². The molecule has 0 aliphatic carbocycles. The standard InChI is InChI=1S/2C5H6N2.2C2H6/c1-5-2-3-6-7-4-5;1-5-3-2-4-6-7-5;2*1-2/h2*2-4H,1H3;2*1-2H3. The maximum Gasteiger partial charge on any atom is 0.0600 e. The third-order valence-electron chi connectivity index (χ3n) is 1.44. The Balaban J connectivity index is 0. The SMILES string of the molecule is CC.CC.Cc1cccnn1.Cc1ccnnc1. The highest BCUT2D eigenvalue weighted by molar-refractivity contribution is 5.00. The third kappa shape index (κ3) is 12.2. The van der Waals surface area contributed by atoms with Gasteiger partial charge in [-0.2, -0.15) is 20.4 Å². The van der Waals surface area contributed by atoms with E-state index in [0.29, 0.717) is 0 Å². The van der Waals surface area contributed by atoms with Crippen LogP contribution in [0.4, 0.5) is 0 Å². The fourth-order valence-corrected chi connectivity index (χ4v) is 0.735. The first-order chi connectivity index (χ1) is 8.79. The molecule has 0 aromatic carbocycles. The van der Waals surface area contributed by atoms with E-state index in [2.05, 4.69) is 20.4 Å². The molecule has 0 atom stereocenters. The normalized spacial score (nSPS) is 7.44. The number of aromatic nitrogens is 4. The van der Waals surface area contributed by atoms with E-state index >= 15 is 0 Å². The largest absolute Gasteiger partial charge is 0.159 e. The van der Waals surface area contributed by atoms with Crippen molar-refractivity contribution in [3.05, 3.63) is 48.0 Å². The van der Waals surface area contributed by atoms with Crippen LogP contribution in [0.15, 0.2) is 36.8 Å². The predicted octanol–water partition coefficient (Wildman–Crippen LogP) is 3.62. The molecule has 2 heterocycles. The van der Waals surface area contributed by atoms with E-state index < -0.39 is 0 Å². The van der Waals surface area contributed by atoms with Crippen molar-refractivity contribution in [3.63, 3.8) is 0 Å². The van der Waals surface area contributed by atoms with Gasteiger partial charge in [0, 0.05) is 12.4 Å². The van der Waals surface area contributed by atoms with E-state index in [1.54, 1.807) is 18.6 Å². The summed E-state index contributed by atoms with van der Waals surface area (Å²) in [5.41, 5.74) is 2.11. The second kappa shape index (κ2) is 15.2. The molecule has 0 radical (unpaired) electrons. The molecule has 2 rings (SSSR count). The molecule has 0 aliphatic heterocycles. The highest BCUT2D eigenvalue weighted by atomic mass is 15.1.